The molecule has 0 aliphatic carbocycles. The van der Waals surface area contributed by atoms with Gasteiger partial charge in [-0.05, 0) is 35.8 Å². The van der Waals surface area contributed by atoms with E-state index in [1.54, 1.807) is 0 Å². The Balaban J connectivity index is 2.18. The van der Waals surface area contributed by atoms with Crippen molar-refractivity contribution in [2.24, 2.45) is 0 Å². The molecule has 0 aliphatic heterocycles. The lowest BCUT2D eigenvalue weighted by Crippen LogP contribution is -2.25. The van der Waals surface area contributed by atoms with Crippen molar-refractivity contribution in [3.05, 3.63) is 48.0 Å². The Bertz CT molecular complexity index is 466. The minimum Gasteiger partial charge on any atom is -0.304 e. The number of nitrogens with zero attached hydrogens (tertiary/aromatic N) is 1. The third-order valence-corrected chi connectivity index (χ3v) is 3.47. The van der Waals surface area contributed by atoms with Gasteiger partial charge in [-0.3, -0.25) is 0 Å². The van der Waals surface area contributed by atoms with Crippen LogP contribution in [0.2, 0.25) is 0 Å². The molecule has 0 saturated carbocycles. The van der Waals surface area contributed by atoms with Crippen LogP contribution in [0.1, 0.15) is 19.4 Å². The Morgan fingerprint density at radius 2 is 1.59 bits per heavy atom. The zero-order chi connectivity index (χ0) is 12.1. The molecule has 2 rings (SSSR count). The number of fused-ring (bicyclic) bond motifs is 1. The lowest BCUT2D eigenvalue weighted by atomic mass is 10.0. The molecular weight excluding hydrogens is 206 g/mol. The quantitative estimate of drug-likeness (QED) is 0.752. The van der Waals surface area contributed by atoms with Crippen molar-refractivity contribution in [3.63, 3.8) is 0 Å². The van der Waals surface area contributed by atoms with Crippen molar-refractivity contribution >= 4 is 10.8 Å². The molecule has 0 aliphatic rings. The maximum absolute atomic E-state index is 2.47. The zero-order valence-electron chi connectivity index (χ0n) is 10.8. The minimum atomic E-state index is 1.14. The van der Waals surface area contributed by atoms with E-state index in [0.29, 0.717) is 0 Å². The molecule has 0 unspecified atom stereocenters. The van der Waals surface area contributed by atoms with E-state index in [9.17, 15) is 0 Å². The molecule has 0 saturated heterocycles. The first-order valence-electron chi connectivity index (χ1n) is 6.54. The molecule has 0 fully saturated rings. The summed E-state index contributed by atoms with van der Waals surface area (Å²) in [5.74, 6) is 0. The SMILES string of the molecule is CCN(CC)CCc1cccc2ccccc12. The van der Waals surface area contributed by atoms with Crippen molar-refractivity contribution in [2.45, 2.75) is 20.3 Å². The number of rotatable bonds is 5. The molecule has 1 nitrogen and oxygen atoms in total. The molecule has 0 aromatic heterocycles. The molecule has 17 heavy (non-hydrogen) atoms. The van der Waals surface area contributed by atoms with Gasteiger partial charge in [-0.25, -0.2) is 0 Å². The van der Waals surface area contributed by atoms with E-state index in [2.05, 4.69) is 61.2 Å². The summed E-state index contributed by atoms with van der Waals surface area (Å²) in [7, 11) is 0. The van der Waals surface area contributed by atoms with Crippen LogP contribution in [-0.2, 0) is 6.42 Å². The van der Waals surface area contributed by atoms with Gasteiger partial charge in [0.25, 0.3) is 0 Å². The van der Waals surface area contributed by atoms with Crippen LogP contribution in [0, 0.1) is 0 Å². The van der Waals surface area contributed by atoms with Crippen LogP contribution in [-0.4, -0.2) is 24.5 Å². The van der Waals surface area contributed by atoms with Gasteiger partial charge >= 0.3 is 0 Å². The van der Waals surface area contributed by atoms with E-state index in [0.717, 1.165) is 26.1 Å². The summed E-state index contributed by atoms with van der Waals surface area (Å²) in [6, 6.07) is 15.3. The second kappa shape index (κ2) is 5.83. The molecular formula is C16H21N. The smallest absolute Gasteiger partial charge is 0.00218 e. The molecule has 1 heteroatoms. The van der Waals surface area contributed by atoms with E-state index in [1.165, 1.54) is 16.3 Å². The van der Waals surface area contributed by atoms with Gasteiger partial charge in [0.1, 0.15) is 0 Å². The largest absolute Gasteiger partial charge is 0.304 e. The molecule has 2 aromatic rings. The lowest BCUT2D eigenvalue weighted by Gasteiger charge is -2.18. The minimum absolute atomic E-state index is 1.14. The first-order chi connectivity index (χ1) is 8.35. The van der Waals surface area contributed by atoms with Crippen LogP contribution < -0.4 is 0 Å². The summed E-state index contributed by atoms with van der Waals surface area (Å²) >= 11 is 0. The van der Waals surface area contributed by atoms with Gasteiger partial charge in [-0.15, -0.1) is 0 Å². The van der Waals surface area contributed by atoms with Gasteiger partial charge in [-0.2, -0.15) is 0 Å². The van der Waals surface area contributed by atoms with Crippen molar-refractivity contribution in [2.75, 3.05) is 19.6 Å². The van der Waals surface area contributed by atoms with Crippen molar-refractivity contribution < 1.29 is 0 Å². The van der Waals surface area contributed by atoms with Gasteiger partial charge in [0.05, 0.1) is 0 Å². The van der Waals surface area contributed by atoms with Gasteiger partial charge in [0.2, 0.25) is 0 Å². The first-order valence-corrected chi connectivity index (χ1v) is 6.54. The summed E-state index contributed by atoms with van der Waals surface area (Å²) in [6.45, 7) is 7.89. The van der Waals surface area contributed by atoms with Crippen molar-refractivity contribution in [1.82, 2.24) is 4.90 Å². The molecule has 0 amide bonds. The number of hydrogen-bond acceptors (Lipinski definition) is 1. The zero-order valence-corrected chi connectivity index (χ0v) is 10.8. The summed E-state index contributed by atoms with van der Waals surface area (Å²) < 4.78 is 0. The molecule has 0 spiro atoms. The third kappa shape index (κ3) is 2.86. The first kappa shape index (κ1) is 12.1. The summed E-state index contributed by atoms with van der Waals surface area (Å²) in [5, 5.41) is 2.76. The molecule has 0 N–H and O–H groups in total. The lowest BCUT2D eigenvalue weighted by molar-refractivity contribution is 0.308. The second-order valence-corrected chi connectivity index (χ2v) is 4.42. The average molecular weight is 227 g/mol. The molecule has 0 bridgehead atoms. The summed E-state index contributed by atoms with van der Waals surface area (Å²) in [6.07, 6.45) is 1.14. The summed E-state index contributed by atoms with van der Waals surface area (Å²) in [4.78, 5) is 2.47. The third-order valence-electron chi connectivity index (χ3n) is 3.47. The predicted molar refractivity (Wildman–Crippen MR) is 75.4 cm³/mol. The molecule has 0 heterocycles. The monoisotopic (exact) mass is 227 g/mol. The molecule has 0 atom stereocenters. The maximum Gasteiger partial charge on any atom is 0.00218 e. The Morgan fingerprint density at radius 1 is 0.882 bits per heavy atom. The topological polar surface area (TPSA) is 3.24 Å². The van der Waals surface area contributed by atoms with Crippen LogP contribution in [0.15, 0.2) is 42.5 Å². The Morgan fingerprint density at radius 3 is 2.35 bits per heavy atom. The highest BCUT2D eigenvalue weighted by atomic mass is 15.1. The van der Waals surface area contributed by atoms with E-state index >= 15 is 0 Å². The summed E-state index contributed by atoms with van der Waals surface area (Å²) in [5.41, 5.74) is 1.47. The van der Waals surface area contributed by atoms with Gasteiger partial charge in [0.15, 0.2) is 0 Å². The van der Waals surface area contributed by atoms with E-state index in [-0.39, 0.29) is 0 Å². The fourth-order valence-corrected chi connectivity index (χ4v) is 2.33. The highest BCUT2D eigenvalue weighted by Gasteiger charge is 2.03. The maximum atomic E-state index is 2.47. The van der Waals surface area contributed by atoms with Crippen LogP contribution >= 0.6 is 0 Å². The standard InChI is InChI=1S/C16H21N/c1-3-17(4-2)13-12-15-10-7-9-14-8-5-6-11-16(14)15/h5-11H,3-4,12-13H2,1-2H3. The number of benzene rings is 2. The Labute approximate surface area is 104 Å². The predicted octanol–water partition coefficient (Wildman–Crippen LogP) is 3.72. The fourth-order valence-electron chi connectivity index (χ4n) is 2.33. The number of likely N-dealkylation sites (N-methyl/N-ethyl adjacent to an activating group) is 1. The normalized spacial score (nSPS) is 11.2. The Kier molecular flexibility index (Phi) is 4.16. The highest BCUT2D eigenvalue weighted by Crippen LogP contribution is 2.18. The van der Waals surface area contributed by atoms with Crippen LogP contribution in [0.3, 0.4) is 0 Å². The van der Waals surface area contributed by atoms with Gasteiger partial charge in [-0.1, -0.05) is 56.3 Å². The van der Waals surface area contributed by atoms with Crippen LogP contribution in [0.5, 0.6) is 0 Å². The highest BCUT2D eigenvalue weighted by molar-refractivity contribution is 5.85. The average Bonchev–Trinajstić information content (AvgIpc) is 2.40. The number of hydrogen-bond donors (Lipinski definition) is 0. The molecule has 90 valence electrons. The molecule has 0 radical (unpaired) electrons. The molecule has 2 aromatic carbocycles. The van der Waals surface area contributed by atoms with Gasteiger partial charge in [0, 0.05) is 6.54 Å². The Hall–Kier alpha value is -1.34. The fraction of sp³-hybridized carbons (Fsp3) is 0.375. The van der Waals surface area contributed by atoms with Crippen LogP contribution in [0.25, 0.3) is 10.8 Å². The second-order valence-electron chi connectivity index (χ2n) is 4.42. The van der Waals surface area contributed by atoms with E-state index in [1.807, 2.05) is 0 Å². The van der Waals surface area contributed by atoms with E-state index < -0.39 is 0 Å². The van der Waals surface area contributed by atoms with E-state index in [4.69, 9.17) is 0 Å². The van der Waals surface area contributed by atoms with Crippen LogP contribution in [0.4, 0.5) is 0 Å². The van der Waals surface area contributed by atoms with Gasteiger partial charge < -0.3 is 4.90 Å². The van der Waals surface area contributed by atoms with Crippen molar-refractivity contribution in [3.8, 4) is 0 Å². The van der Waals surface area contributed by atoms with Crippen molar-refractivity contribution in [1.29, 1.82) is 0 Å².